The van der Waals surface area contributed by atoms with Crippen molar-refractivity contribution in [2.45, 2.75) is 62.1 Å². The van der Waals surface area contributed by atoms with E-state index in [-0.39, 0.29) is 42.0 Å². The molecule has 2 heterocycles. The molecule has 2 aliphatic rings. The smallest absolute Gasteiger partial charge is 0.220 e. The summed E-state index contributed by atoms with van der Waals surface area (Å²) in [6.45, 7) is 0. The Morgan fingerprint density at radius 1 is 0.789 bits per heavy atom. The number of amides is 2. The van der Waals surface area contributed by atoms with Gasteiger partial charge in [0.25, 0.3) is 0 Å². The molecule has 2 atom stereocenters. The first-order chi connectivity index (χ1) is 8.74. The van der Waals surface area contributed by atoms with Crippen LogP contribution in [0, 0.1) is 0 Å². The van der Waals surface area contributed by atoms with Gasteiger partial charge in [0.2, 0.25) is 11.8 Å². The maximum absolute atomic E-state index is 11.4. The summed E-state index contributed by atoms with van der Waals surface area (Å²) in [5.74, 6) is 0.325. The van der Waals surface area contributed by atoms with E-state index >= 15 is 0 Å². The average molecular weight is 354 g/mol. The number of nitrogens with one attached hydrogen (secondary N) is 2. The van der Waals surface area contributed by atoms with Crippen LogP contribution in [0.5, 0.6) is 0 Å². The van der Waals surface area contributed by atoms with Gasteiger partial charge in [0.1, 0.15) is 0 Å². The molecular weight excluding hydrogens is 334 g/mol. The molecule has 4 nitrogen and oxygen atoms in total. The molecular formula is C12H20N2O2S2Zn. The van der Waals surface area contributed by atoms with Crippen molar-refractivity contribution < 1.29 is 29.1 Å². The third-order valence-electron chi connectivity index (χ3n) is 3.17. The normalized spacial score (nSPS) is 28.4. The summed E-state index contributed by atoms with van der Waals surface area (Å²) in [5, 5.41) is 6.47. The number of hydrogen-bond donors (Lipinski definition) is 2. The minimum Gasteiger partial charge on any atom is -0.344 e. The van der Waals surface area contributed by atoms with Crippen LogP contribution in [0.25, 0.3) is 0 Å². The van der Waals surface area contributed by atoms with Crippen LogP contribution in [0.2, 0.25) is 0 Å². The zero-order chi connectivity index (χ0) is 12.8. The van der Waals surface area contributed by atoms with Crippen molar-refractivity contribution in [3.8, 4) is 0 Å². The summed E-state index contributed by atoms with van der Waals surface area (Å²) in [6.07, 6.45) is 7.57. The van der Waals surface area contributed by atoms with Crippen molar-refractivity contribution in [3.05, 3.63) is 0 Å². The molecule has 19 heavy (non-hydrogen) atoms. The fourth-order valence-electron chi connectivity index (χ4n) is 2.16. The fourth-order valence-corrected chi connectivity index (χ4v) is 4.98. The molecule has 2 fully saturated rings. The molecule has 0 aromatic rings. The molecule has 0 spiro atoms. The standard InChI is InChI=1S/C12H20N2O2S2.Zn/c15-9-5-1-3-7-11(13-9)17-18-12-8-4-2-6-10(16)14-12;/h11-12H,1-8H2,(H,13,15)(H,14,16);. The van der Waals surface area contributed by atoms with Crippen molar-refractivity contribution in [2.75, 3.05) is 0 Å². The quantitative estimate of drug-likeness (QED) is 0.604. The van der Waals surface area contributed by atoms with E-state index in [9.17, 15) is 9.59 Å². The van der Waals surface area contributed by atoms with Crippen molar-refractivity contribution in [1.29, 1.82) is 0 Å². The second kappa shape index (κ2) is 9.25. The molecule has 0 aliphatic carbocycles. The van der Waals surface area contributed by atoms with Crippen molar-refractivity contribution >= 4 is 33.4 Å². The van der Waals surface area contributed by atoms with Gasteiger partial charge >= 0.3 is 0 Å². The first-order valence-electron chi connectivity index (χ1n) is 6.65. The summed E-state index contributed by atoms with van der Waals surface area (Å²) < 4.78 is 0. The summed E-state index contributed by atoms with van der Waals surface area (Å²) in [4.78, 5) is 22.9. The average Bonchev–Trinajstić information content (AvgIpc) is 2.67. The Balaban J connectivity index is 0.00000180. The van der Waals surface area contributed by atoms with Crippen LogP contribution >= 0.6 is 21.6 Å². The summed E-state index contributed by atoms with van der Waals surface area (Å²) in [5.41, 5.74) is 0. The van der Waals surface area contributed by atoms with E-state index in [0.29, 0.717) is 12.8 Å². The predicted molar refractivity (Wildman–Crippen MR) is 76.0 cm³/mol. The molecule has 104 valence electrons. The Bertz CT molecular complexity index is 288. The van der Waals surface area contributed by atoms with Gasteiger partial charge in [0, 0.05) is 32.3 Å². The Morgan fingerprint density at radius 2 is 1.21 bits per heavy atom. The molecule has 0 aromatic heterocycles. The molecule has 0 aromatic carbocycles. The maximum Gasteiger partial charge on any atom is 0.220 e. The molecule has 0 saturated carbocycles. The van der Waals surface area contributed by atoms with Crippen LogP contribution in [0.3, 0.4) is 0 Å². The Kier molecular flexibility index (Phi) is 8.43. The van der Waals surface area contributed by atoms with Gasteiger partial charge < -0.3 is 10.6 Å². The zero-order valence-electron chi connectivity index (χ0n) is 11.2. The number of carbonyl (C=O) groups is 2. The Hall–Kier alpha value is 0.263. The molecule has 2 amide bonds. The SMILES string of the molecule is O=C1CCCCC(SSC2CCCCC(=O)N2)N1.[Zn]. The molecule has 0 radical (unpaired) electrons. The van der Waals surface area contributed by atoms with Crippen molar-refractivity contribution in [1.82, 2.24) is 10.6 Å². The van der Waals surface area contributed by atoms with Crippen LogP contribution in [0.15, 0.2) is 0 Å². The van der Waals surface area contributed by atoms with E-state index < -0.39 is 0 Å². The first kappa shape index (κ1) is 17.3. The van der Waals surface area contributed by atoms with Crippen LogP contribution in [-0.4, -0.2) is 22.6 Å². The van der Waals surface area contributed by atoms with Crippen LogP contribution in [0.4, 0.5) is 0 Å². The van der Waals surface area contributed by atoms with Crippen LogP contribution < -0.4 is 10.6 Å². The monoisotopic (exact) mass is 352 g/mol. The number of hydrogen-bond acceptors (Lipinski definition) is 4. The fraction of sp³-hybridized carbons (Fsp3) is 0.833. The van der Waals surface area contributed by atoms with E-state index in [1.807, 2.05) is 0 Å². The van der Waals surface area contributed by atoms with Gasteiger partial charge in [-0.2, -0.15) is 0 Å². The molecule has 2 N–H and O–H groups in total. The van der Waals surface area contributed by atoms with Crippen LogP contribution in [-0.2, 0) is 29.1 Å². The van der Waals surface area contributed by atoms with Gasteiger partial charge in [0.05, 0.1) is 10.7 Å². The minimum atomic E-state index is 0. The first-order valence-corrected chi connectivity index (χ1v) is 8.92. The van der Waals surface area contributed by atoms with Crippen molar-refractivity contribution in [2.24, 2.45) is 0 Å². The maximum atomic E-state index is 11.4. The Labute approximate surface area is 135 Å². The molecule has 2 aliphatic heterocycles. The summed E-state index contributed by atoms with van der Waals surface area (Å²) >= 11 is 0. The largest absolute Gasteiger partial charge is 0.344 e. The second-order valence-corrected chi connectivity index (χ2v) is 7.47. The molecule has 2 unspecified atom stereocenters. The summed E-state index contributed by atoms with van der Waals surface area (Å²) in [6, 6.07) is 0. The van der Waals surface area contributed by atoms with Gasteiger partial charge in [-0.05, 0) is 38.5 Å². The summed E-state index contributed by atoms with van der Waals surface area (Å²) in [7, 11) is 3.40. The third kappa shape index (κ3) is 6.50. The molecule has 2 rings (SSSR count). The Morgan fingerprint density at radius 3 is 1.63 bits per heavy atom. The van der Waals surface area contributed by atoms with E-state index in [2.05, 4.69) is 10.6 Å². The van der Waals surface area contributed by atoms with E-state index in [1.54, 1.807) is 21.6 Å². The minimum absolute atomic E-state index is 0. The zero-order valence-corrected chi connectivity index (χ0v) is 15.8. The molecule has 2 saturated heterocycles. The van der Waals surface area contributed by atoms with E-state index in [1.165, 1.54) is 0 Å². The van der Waals surface area contributed by atoms with Gasteiger partial charge in [-0.25, -0.2) is 0 Å². The third-order valence-corrected chi connectivity index (χ3v) is 6.18. The van der Waals surface area contributed by atoms with Gasteiger partial charge in [-0.15, -0.1) is 0 Å². The van der Waals surface area contributed by atoms with Gasteiger partial charge in [0.15, 0.2) is 0 Å². The predicted octanol–water partition coefficient (Wildman–Crippen LogP) is 2.40. The molecule has 7 heteroatoms. The molecule has 0 bridgehead atoms. The van der Waals surface area contributed by atoms with E-state index in [4.69, 9.17) is 0 Å². The van der Waals surface area contributed by atoms with Gasteiger partial charge in [-0.3, -0.25) is 9.59 Å². The van der Waals surface area contributed by atoms with E-state index in [0.717, 1.165) is 38.5 Å². The number of rotatable bonds is 3. The number of carbonyl (C=O) groups excluding carboxylic acids is 2. The second-order valence-electron chi connectivity index (χ2n) is 4.80. The van der Waals surface area contributed by atoms with Crippen molar-refractivity contribution in [3.63, 3.8) is 0 Å². The topological polar surface area (TPSA) is 58.2 Å². The van der Waals surface area contributed by atoms with Gasteiger partial charge in [-0.1, -0.05) is 21.6 Å². The van der Waals surface area contributed by atoms with Crippen LogP contribution in [0.1, 0.15) is 51.4 Å².